The van der Waals surface area contributed by atoms with Crippen molar-refractivity contribution in [3.63, 3.8) is 0 Å². The van der Waals surface area contributed by atoms with Gasteiger partial charge < -0.3 is 14.8 Å². The molecule has 144 valence electrons. The lowest BCUT2D eigenvalue weighted by atomic mass is 9.80. The van der Waals surface area contributed by atoms with Crippen LogP contribution in [0.2, 0.25) is 0 Å². The van der Waals surface area contributed by atoms with Crippen molar-refractivity contribution in [3.8, 4) is 0 Å². The topological polar surface area (TPSA) is 81.7 Å². The second kappa shape index (κ2) is 10.3. The van der Waals surface area contributed by atoms with Gasteiger partial charge in [0, 0.05) is 5.92 Å². The summed E-state index contributed by atoms with van der Waals surface area (Å²) in [5, 5.41) is 2.82. The molecule has 1 aromatic rings. The van der Waals surface area contributed by atoms with Crippen LogP contribution in [0.5, 0.6) is 0 Å². The lowest BCUT2D eigenvalue weighted by Gasteiger charge is -2.31. The quantitative estimate of drug-likeness (QED) is 0.345. The maximum absolute atomic E-state index is 12.1. The summed E-state index contributed by atoms with van der Waals surface area (Å²) < 4.78 is 9.95. The molecule has 1 aliphatic rings. The number of rotatable bonds is 7. The number of esters is 1. The van der Waals surface area contributed by atoms with E-state index >= 15 is 0 Å². The average molecular weight is 371 g/mol. The van der Waals surface area contributed by atoms with Gasteiger partial charge in [0.1, 0.15) is 6.61 Å². The number of amides is 1. The molecule has 0 saturated heterocycles. The molecule has 0 heterocycles. The largest absolute Gasteiger partial charge is 0.460 e. The van der Waals surface area contributed by atoms with Crippen molar-refractivity contribution in [2.45, 2.75) is 32.9 Å². The Morgan fingerprint density at radius 2 is 1.93 bits per heavy atom. The van der Waals surface area contributed by atoms with Crippen molar-refractivity contribution >= 4 is 17.8 Å². The second-order valence-corrected chi connectivity index (χ2v) is 6.39. The summed E-state index contributed by atoms with van der Waals surface area (Å²) in [5.74, 6) is -1.51. The molecule has 6 heteroatoms. The molecule has 1 aromatic carbocycles. The number of ether oxygens (including phenoxy) is 2. The van der Waals surface area contributed by atoms with Crippen molar-refractivity contribution < 1.29 is 23.9 Å². The number of hydrogen-bond acceptors (Lipinski definition) is 5. The van der Waals surface area contributed by atoms with E-state index in [9.17, 15) is 14.4 Å². The van der Waals surface area contributed by atoms with Crippen molar-refractivity contribution in [3.05, 3.63) is 60.2 Å². The molecule has 0 aromatic heterocycles. The highest BCUT2D eigenvalue weighted by atomic mass is 16.5. The van der Waals surface area contributed by atoms with Gasteiger partial charge in [-0.15, -0.1) is 0 Å². The van der Waals surface area contributed by atoms with Gasteiger partial charge in [-0.3, -0.25) is 4.79 Å². The molecule has 1 aliphatic carbocycles. The summed E-state index contributed by atoms with van der Waals surface area (Å²) in [4.78, 5) is 35.4. The van der Waals surface area contributed by atoms with Crippen LogP contribution < -0.4 is 5.32 Å². The van der Waals surface area contributed by atoms with Gasteiger partial charge >= 0.3 is 12.1 Å². The molecule has 0 radical (unpaired) electrons. The lowest BCUT2D eigenvalue weighted by molar-refractivity contribution is -0.151. The fourth-order valence-electron chi connectivity index (χ4n) is 2.90. The van der Waals surface area contributed by atoms with Crippen LogP contribution in [0.1, 0.15) is 25.8 Å². The fraction of sp³-hybridized carbons (Fsp3) is 0.381. The first-order chi connectivity index (χ1) is 13.0. The summed E-state index contributed by atoms with van der Waals surface area (Å²) in [7, 11) is 0. The second-order valence-electron chi connectivity index (χ2n) is 6.39. The van der Waals surface area contributed by atoms with Gasteiger partial charge in [0.2, 0.25) is 0 Å². The Bertz CT molecular complexity index is 711. The van der Waals surface area contributed by atoms with Crippen LogP contribution in [-0.2, 0) is 25.7 Å². The summed E-state index contributed by atoms with van der Waals surface area (Å²) in [5.41, 5.74) is 0.900. The molecule has 0 spiro atoms. The zero-order valence-corrected chi connectivity index (χ0v) is 15.6. The Kier molecular flexibility index (Phi) is 7.79. The number of alkyl carbamates (subject to hydrolysis) is 1. The summed E-state index contributed by atoms with van der Waals surface area (Å²) in [6.07, 6.45) is 7.05. The minimum atomic E-state index is -0.875. The molecule has 1 N–H and O–H groups in total. The minimum absolute atomic E-state index is 0.127. The monoisotopic (exact) mass is 371 g/mol. The molecule has 0 saturated carbocycles. The van der Waals surface area contributed by atoms with Gasteiger partial charge in [0.25, 0.3) is 5.78 Å². The highest BCUT2D eigenvalue weighted by Gasteiger charge is 2.27. The molecule has 1 amide bonds. The fourth-order valence-corrected chi connectivity index (χ4v) is 2.90. The third-order valence-corrected chi connectivity index (χ3v) is 4.37. The van der Waals surface area contributed by atoms with E-state index in [0.717, 1.165) is 12.0 Å². The van der Waals surface area contributed by atoms with Crippen LogP contribution in [0.3, 0.4) is 0 Å². The van der Waals surface area contributed by atoms with E-state index in [-0.39, 0.29) is 31.1 Å². The number of nitrogens with one attached hydrogen (secondary N) is 1. The van der Waals surface area contributed by atoms with Gasteiger partial charge in [-0.1, -0.05) is 55.5 Å². The van der Waals surface area contributed by atoms with Crippen molar-refractivity contribution in [1.29, 1.82) is 0 Å². The van der Waals surface area contributed by atoms with E-state index < -0.39 is 17.8 Å². The Balaban J connectivity index is 1.95. The van der Waals surface area contributed by atoms with E-state index in [1.807, 2.05) is 49.4 Å². The average Bonchev–Trinajstić information content (AvgIpc) is 2.66. The molecular formula is C21H25NO5. The van der Waals surface area contributed by atoms with Gasteiger partial charge in [0.15, 0.2) is 0 Å². The predicted molar refractivity (Wildman–Crippen MR) is 101 cm³/mol. The molecule has 2 rings (SSSR count). The maximum Gasteiger partial charge on any atom is 0.407 e. The zero-order chi connectivity index (χ0) is 19.6. The third kappa shape index (κ3) is 6.40. The van der Waals surface area contributed by atoms with Crippen LogP contribution in [0.15, 0.2) is 54.6 Å². The van der Waals surface area contributed by atoms with Gasteiger partial charge in [-0.2, -0.15) is 0 Å². The van der Waals surface area contributed by atoms with Crippen molar-refractivity contribution in [2.75, 3.05) is 6.61 Å². The summed E-state index contributed by atoms with van der Waals surface area (Å²) >= 11 is 0. The normalized spacial score (nSPS) is 21.6. The number of ketones is 1. The molecule has 27 heavy (non-hydrogen) atoms. The van der Waals surface area contributed by atoms with E-state index in [4.69, 9.17) is 9.47 Å². The van der Waals surface area contributed by atoms with E-state index in [1.165, 1.54) is 6.08 Å². The number of hydrogen-bond donors (Lipinski definition) is 1. The van der Waals surface area contributed by atoms with Crippen LogP contribution in [0, 0.1) is 11.8 Å². The number of benzene rings is 1. The molecule has 0 fully saturated rings. The van der Waals surface area contributed by atoms with E-state index in [2.05, 4.69) is 5.32 Å². The Labute approximate surface area is 159 Å². The van der Waals surface area contributed by atoms with Crippen LogP contribution in [0.4, 0.5) is 4.79 Å². The van der Waals surface area contributed by atoms with E-state index in [1.54, 1.807) is 13.0 Å². The minimum Gasteiger partial charge on any atom is -0.460 e. The van der Waals surface area contributed by atoms with Crippen LogP contribution >= 0.6 is 0 Å². The first-order valence-electron chi connectivity index (χ1n) is 9.04. The molecule has 0 bridgehead atoms. The lowest BCUT2D eigenvalue weighted by Crippen LogP contribution is -2.42. The highest BCUT2D eigenvalue weighted by molar-refractivity contribution is 6.38. The number of allylic oxidation sites excluding steroid dienone is 1. The SMILES string of the molecule is CCOC(=O)C(=O)/C=C/[C@H]1[C@H](C)CC=C[C@H]1NC(=O)OCc1ccccc1. The van der Waals surface area contributed by atoms with E-state index in [0.29, 0.717) is 0 Å². The Morgan fingerprint density at radius 3 is 2.63 bits per heavy atom. The Hall–Kier alpha value is -2.89. The molecule has 0 unspecified atom stereocenters. The standard InChI is InChI=1S/C21H25NO5/c1-3-26-20(24)19(23)13-12-17-15(2)8-7-11-18(17)22-21(25)27-14-16-9-5-4-6-10-16/h4-7,9-13,15,17-18H,3,8,14H2,1-2H3,(H,22,25)/b13-12+/t15-,17+,18-/m1/s1. The van der Waals surface area contributed by atoms with Crippen molar-refractivity contribution in [1.82, 2.24) is 5.32 Å². The molecule has 6 nitrogen and oxygen atoms in total. The molecule has 3 atom stereocenters. The first-order valence-corrected chi connectivity index (χ1v) is 9.04. The van der Waals surface area contributed by atoms with Crippen LogP contribution in [-0.4, -0.2) is 30.5 Å². The number of carbonyl (C=O) groups excluding carboxylic acids is 3. The van der Waals surface area contributed by atoms with Crippen LogP contribution in [0.25, 0.3) is 0 Å². The third-order valence-electron chi connectivity index (χ3n) is 4.37. The smallest absolute Gasteiger partial charge is 0.407 e. The first kappa shape index (κ1) is 20.4. The van der Waals surface area contributed by atoms with Gasteiger partial charge in [-0.25, -0.2) is 9.59 Å². The number of carbonyl (C=O) groups is 3. The summed E-state index contributed by atoms with van der Waals surface area (Å²) in [6.45, 7) is 4.00. The Morgan fingerprint density at radius 1 is 1.19 bits per heavy atom. The predicted octanol–water partition coefficient (Wildman–Crippen LogP) is 3.18. The summed E-state index contributed by atoms with van der Waals surface area (Å²) in [6, 6.07) is 9.09. The van der Waals surface area contributed by atoms with Gasteiger partial charge in [-0.05, 0) is 30.9 Å². The zero-order valence-electron chi connectivity index (χ0n) is 15.6. The molecular weight excluding hydrogens is 346 g/mol. The molecule has 0 aliphatic heterocycles. The maximum atomic E-state index is 12.1. The van der Waals surface area contributed by atoms with Crippen molar-refractivity contribution in [2.24, 2.45) is 11.8 Å². The highest BCUT2D eigenvalue weighted by Crippen LogP contribution is 2.27. The van der Waals surface area contributed by atoms with Gasteiger partial charge in [0.05, 0.1) is 12.6 Å².